The van der Waals surface area contributed by atoms with E-state index in [1.54, 1.807) is 12.1 Å². The Morgan fingerprint density at radius 2 is 1.82 bits per heavy atom. The number of halogens is 3. The Kier molecular flexibility index (Phi) is 4.84. The predicted molar refractivity (Wildman–Crippen MR) is 123 cm³/mol. The van der Waals surface area contributed by atoms with E-state index in [0.29, 0.717) is 37.0 Å². The van der Waals surface area contributed by atoms with Crippen molar-refractivity contribution in [3.05, 3.63) is 58.2 Å². The fourth-order valence-electron chi connectivity index (χ4n) is 8.20. The second-order valence-corrected chi connectivity index (χ2v) is 11.1. The van der Waals surface area contributed by atoms with Crippen molar-refractivity contribution in [3.8, 4) is 0 Å². The first-order chi connectivity index (χ1) is 16.1. The second-order valence-electron chi connectivity index (χ2n) is 11.1. The van der Waals surface area contributed by atoms with Crippen molar-refractivity contribution in [3.63, 3.8) is 0 Å². The summed E-state index contributed by atoms with van der Waals surface area (Å²) in [5, 5.41) is 8.80. The van der Waals surface area contributed by atoms with Crippen LogP contribution >= 0.6 is 0 Å². The van der Waals surface area contributed by atoms with Gasteiger partial charge in [0.1, 0.15) is 5.60 Å². The van der Waals surface area contributed by atoms with E-state index in [0.717, 1.165) is 49.7 Å². The van der Waals surface area contributed by atoms with E-state index in [1.165, 1.54) is 23.3 Å². The smallest absolute Gasteiger partial charge is 0.368 e. The molecule has 5 aliphatic rings. The fraction of sp³-hybridized carbons (Fsp3) is 0.571. The first-order valence-corrected chi connectivity index (χ1v) is 12.5. The number of nitrogens with one attached hydrogen (secondary N) is 1. The van der Waals surface area contributed by atoms with Crippen LogP contribution in [0.25, 0.3) is 0 Å². The lowest BCUT2D eigenvalue weighted by molar-refractivity contribution is -0.137. The van der Waals surface area contributed by atoms with Crippen molar-refractivity contribution in [2.75, 3.05) is 6.61 Å². The molecule has 1 aromatic rings. The van der Waals surface area contributed by atoms with E-state index < -0.39 is 17.3 Å². The number of carbonyl (C=O) groups is 1. The summed E-state index contributed by atoms with van der Waals surface area (Å²) in [6, 6.07) is 5.70. The molecule has 1 heterocycles. The van der Waals surface area contributed by atoms with Crippen molar-refractivity contribution in [1.29, 1.82) is 5.41 Å². The number of alkyl halides is 3. The molecular weight excluding hydrogens is 439 g/mol. The normalized spacial score (nSPS) is 37.5. The molecule has 2 saturated carbocycles. The van der Waals surface area contributed by atoms with Crippen LogP contribution in [0.3, 0.4) is 0 Å². The molecule has 1 spiro atoms. The molecule has 1 N–H and O–H groups in total. The van der Waals surface area contributed by atoms with Crippen LogP contribution in [-0.4, -0.2) is 23.7 Å². The van der Waals surface area contributed by atoms with Crippen LogP contribution in [0.4, 0.5) is 13.2 Å². The zero-order valence-electron chi connectivity index (χ0n) is 19.4. The molecule has 5 atom stereocenters. The molecule has 0 aromatic heterocycles. The third-order valence-electron chi connectivity index (χ3n) is 9.68. The number of hydrogen-bond acceptors (Lipinski definition) is 3. The highest BCUT2D eigenvalue weighted by Gasteiger charge is 2.66. The highest BCUT2D eigenvalue weighted by atomic mass is 19.4. The van der Waals surface area contributed by atoms with Gasteiger partial charge in [0.05, 0.1) is 12.2 Å². The van der Waals surface area contributed by atoms with Gasteiger partial charge in [-0.05, 0) is 85.3 Å². The molecule has 3 fully saturated rings. The number of fused-ring (bicyclic) bond motifs is 5. The number of ether oxygens (including phenoxy) is 1. The van der Waals surface area contributed by atoms with Crippen LogP contribution in [0.15, 0.2) is 47.1 Å². The fourth-order valence-corrected chi connectivity index (χ4v) is 8.20. The largest absolute Gasteiger partial charge is 0.416 e. The highest BCUT2D eigenvalue weighted by Crippen LogP contribution is 2.68. The van der Waals surface area contributed by atoms with Crippen molar-refractivity contribution in [2.24, 2.45) is 17.3 Å². The van der Waals surface area contributed by atoms with Gasteiger partial charge in [-0.25, -0.2) is 0 Å². The van der Waals surface area contributed by atoms with E-state index in [1.807, 2.05) is 6.08 Å². The summed E-state index contributed by atoms with van der Waals surface area (Å²) < 4.78 is 46.2. The van der Waals surface area contributed by atoms with Crippen LogP contribution in [0.5, 0.6) is 0 Å². The Morgan fingerprint density at radius 1 is 1.06 bits per heavy atom. The average molecular weight is 470 g/mol. The molecule has 34 heavy (non-hydrogen) atoms. The molecular formula is C28H30F3NO2. The maximum absolute atomic E-state index is 13.3. The number of benzene rings is 1. The summed E-state index contributed by atoms with van der Waals surface area (Å²) in [5.41, 5.74) is 3.98. The van der Waals surface area contributed by atoms with E-state index in [9.17, 15) is 18.0 Å². The number of rotatable bonds is 1. The van der Waals surface area contributed by atoms with Gasteiger partial charge in [-0.1, -0.05) is 24.6 Å². The lowest BCUT2D eigenvalue weighted by Crippen LogP contribution is -2.54. The number of allylic oxidation sites excluding steroid dienone is 4. The Morgan fingerprint density at radius 3 is 2.50 bits per heavy atom. The van der Waals surface area contributed by atoms with Crippen LogP contribution in [0, 0.1) is 22.7 Å². The van der Waals surface area contributed by atoms with Gasteiger partial charge in [-0.3, -0.25) is 4.79 Å². The van der Waals surface area contributed by atoms with Crippen LogP contribution in [0.1, 0.15) is 75.3 Å². The minimum Gasteiger partial charge on any atom is -0.368 e. The molecule has 0 amide bonds. The van der Waals surface area contributed by atoms with Gasteiger partial charge in [-0.15, -0.1) is 0 Å². The summed E-state index contributed by atoms with van der Waals surface area (Å²) in [6.07, 6.45) is 3.83. The van der Waals surface area contributed by atoms with E-state index >= 15 is 0 Å². The minimum atomic E-state index is -4.36. The van der Waals surface area contributed by atoms with Gasteiger partial charge >= 0.3 is 6.18 Å². The molecule has 0 bridgehead atoms. The van der Waals surface area contributed by atoms with Gasteiger partial charge in [0, 0.05) is 29.9 Å². The number of carbonyl (C=O) groups excluding carboxylic acids is 1. The van der Waals surface area contributed by atoms with Gasteiger partial charge in [-0.2, -0.15) is 13.2 Å². The highest BCUT2D eigenvalue weighted by molar-refractivity contribution is 5.94. The molecule has 180 valence electrons. The van der Waals surface area contributed by atoms with Crippen LogP contribution in [-0.2, 0) is 15.7 Å². The summed E-state index contributed by atoms with van der Waals surface area (Å²) >= 11 is 0. The lowest BCUT2D eigenvalue weighted by atomic mass is 9.50. The molecule has 1 aromatic carbocycles. The lowest BCUT2D eigenvalue weighted by Gasteiger charge is -2.55. The monoisotopic (exact) mass is 469 g/mol. The number of ketones is 1. The van der Waals surface area contributed by atoms with Gasteiger partial charge in [0.2, 0.25) is 0 Å². The van der Waals surface area contributed by atoms with Gasteiger partial charge < -0.3 is 10.1 Å². The van der Waals surface area contributed by atoms with Crippen LogP contribution in [0.2, 0.25) is 0 Å². The van der Waals surface area contributed by atoms with E-state index in [4.69, 9.17) is 10.1 Å². The molecule has 6 heteroatoms. The first kappa shape index (κ1) is 22.3. The molecule has 0 radical (unpaired) electrons. The quantitative estimate of drug-likeness (QED) is 0.493. The summed E-state index contributed by atoms with van der Waals surface area (Å²) in [7, 11) is 0. The van der Waals surface area contributed by atoms with E-state index in [-0.39, 0.29) is 17.1 Å². The zero-order chi connectivity index (χ0) is 23.9. The SMILES string of the molecule is C[C@]12C[C@H](c3ccc(C(F)(F)F)cc3)C3=C4CCC(=O)C=C4CCC3C1CC[C@]21OCCC1=N. The van der Waals surface area contributed by atoms with Crippen molar-refractivity contribution >= 4 is 11.5 Å². The first-order valence-electron chi connectivity index (χ1n) is 12.5. The predicted octanol–water partition coefficient (Wildman–Crippen LogP) is 6.78. The zero-order valence-corrected chi connectivity index (χ0v) is 19.4. The topological polar surface area (TPSA) is 50.2 Å². The molecule has 4 aliphatic carbocycles. The van der Waals surface area contributed by atoms with Gasteiger partial charge in [0.15, 0.2) is 5.78 Å². The second kappa shape index (κ2) is 7.39. The molecule has 1 aliphatic heterocycles. The molecule has 3 nitrogen and oxygen atoms in total. The summed E-state index contributed by atoms with van der Waals surface area (Å²) in [6.45, 7) is 2.86. The maximum atomic E-state index is 13.3. The molecule has 6 rings (SSSR count). The van der Waals surface area contributed by atoms with Crippen molar-refractivity contribution in [2.45, 2.75) is 76.0 Å². The molecule has 1 saturated heterocycles. The van der Waals surface area contributed by atoms with E-state index in [2.05, 4.69) is 6.92 Å². The average Bonchev–Trinajstić information content (AvgIpc) is 3.32. The van der Waals surface area contributed by atoms with Crippen molar-refractivity contribution in [1.82, 2.24) is 0 Å². The third kappa shape index (κ3) is 3.00. The Hall–Kier alpha value is -2.21. The summed E-state index contributed by atoms with van der Waals surface area (Å²) in [4.78, 5) is 12.2. The minimum absolute atomic E-state index is 0.0209. The Bertz CT molecular complexity index is 1130. The molecule has 2 unspecified atom stereocenters. The summed E-state index contributed by atoms with van der Waals surface area (Å²) in [5.74, 6) is 0.866. The van der Waals surface area contributed by atoms with Crippen molar-refractivity contribution < 1.29 is 22.7 Å². The van der Waals surface area contributed by atoms with Gasteiger partial charge in [0.25, 0.3) is 0 Å². The maximum Gasteiger partial charge on any atom is 0.416 e. The third-order valence-corrected chi connectivity index (χ3v) is 9.68. The Balaban J connectivity index is 1.51. The van der Waals surface area contributed by atoms with Crippen LogP contribution < -0.4 is 0 Å². The number of hydrogen-bond donors (Lipinski definition) is 1. The Labute approximate surface area is 198 Å². The standard InChI is InChI=1S/C28H30F3NO2/c1-26-15-22(16-2-5-18(6-3-16)28(29,30)31)25-20-9-7-19(33)14-17(20)4-8-21(25)23(26)10-12-27(26)24(32)11-13-34-27/h2-3,5-6,14,21-23,32H,4,7-13,15H2,1H3/t21?,22-,23?,26+,27-/m1/s1.